The topological polar surface area (TPSA) is 107 Å². The number of hydrogen-bond donors (Lipinski definition) is 1. The molecular formula is C13H11N5O3S. The molecule has 3 rings (SSSR count). The van der Waals surface area contributed by atoms with Crippen LogP contribution in [0.2, 0.25) is 0 Å². The highest BCUT2D eigenvalue weighted by Crippen LogP contribution is 2.30. The molecule has 0 saturated heterocycles. The SMILES string of the molecule is Cc1nc(-c2ccc([N+](=O)[O-])c(NCc3cncs3)c2)no1. The average molecular weight is 317 g/mol. The Hall–Kier alpha value is -2.81. The van der Waals surface area contributed by atoms with Crippen molar-refractivity contribution in [2.45, 2.75) is 13.5 Å². The Morgan fingerprint density at radius 1 is 1.45 bits per heavy atom. The summed E-state index contributed by atoms with van der Waals surface area (Å²) >= 11 is 1.48. The van der Waals surface area contributed by atoms with Gasteiger partial charge in [0.1, 0.15) is 5.69 Å². The second-order valence-electron chi connectivity index (χ2n) is 4.45. The Balaban J connectivity index is 1.92. The smallest absolute Gasteiger partial charge is 0.292 e. The fourth-order valence-electron chi connectivity index (χ4n) is 1.90. The summed E-state index contributed by atoms with van der Waals surface area (Å²) in [7, 11) is 0. The molecule has 0 bridgehead atoms. The summed E-state index contributed by atoms with van der Waals surface area (Å²) in [6.07, 6.45) is 1.72. The van der Waals surface area contributed by atoms with Gasteiger partial charge in [-0.3, -0.25) is 15.1 Å². The van der Waals surface area contributed by atoms with Crippen LogP contribution < -0.4 is 5.32 Å². The number of nitrogens with one attached hydrogen (secondary N) is 1. The van der Waals surface area contributed by atoms with Crippen LogP contribution in [0.4, 0.5) is 11.4 Å². The van der Waals surface area contributed by atoms with Crippen molar-refractivity contribution >= 4 is 22.7 Å². The second kappa shape index (κ2) is 5.90. The Kier molecular flexibility index (Phi) is 3.79. The Morgan fingerprint density at radius 2 is 2.32 bits per heavy atom. The van der Waals surface area contributed by atoms with Gasteiger partial charge >= 0.3 is 0 Å². The first-order chi connectivity index (χ1) is 10.6. The zero-order valence-electron chi connectivity index (χ0n) is 11.5. The summed E-state index contributed by atoms with van der Waals surface area (Å²) in [6.45, 7) is 2.14. The van der Waals surface area contributed by atoms with Crippen LogP contribution in [0.3, 0.4) is 0 Å². The van der Waals surface area contributed by atoms with E-state index < -0.39 is 4.92 Å². The van der Waals surface area contributed by atoms with E-state index in [9.17, 15) is 10.1 Å². The number of nitro benzene ring substituents is 1. The van der Waals surface area contributed by atoms with Crippen LogP contribution >= 0.6 is 11.3 Å². The molecular weight excluding hydrogens is 306 g/mol. The van der Waals surface area contributed by atoms with Gasteiger partial charge in [-0.1, -0.05) is 5.16 Å². The minimum Gasteiger partial charge on any atom is -0.375 e. The maximum Gasteiger partial charge on any atom is 0.292 e. The maximum atomic E-state index is 11.1. The van der Waals surface area contributed by atoms with Gasteiger partial charge in [0.25, 0.3) is 5.69 Å². The number of benzene rings is 1. The fourth-order valence-corrected chi connectivity index (χ4v) is 2.44. The molecule has 1 aromatic carbocycles. The van der Waals surface area contributed by atoms with Crippen molar-refractivity contribution < 1.29 is 9.45 Å². The van der Waals surface area contributed by atoms with Gasteiger partial charge in [0.15, 0.2) is 0 Å². The molecule has 3 aromatic rings. The lowest BCUT2D eigenvalue weighted by Crippen LogP contribution is -2.02. The van der Waals surface area contributed by atoms with E-state index in [1.807, 2.05) is 0 Å². The maximum absolute atomic E-state index is 11.1. The Labute approximate surface area is 129 Å². The number of anilines is 1. The van der Waals surface area contributed by atoms with E-state index in [0.717, 1.165) is 4.88 Å². The van der Waals surface area contributed by atoms with Crippen molar-refractivity contribution in [2.75, 3.05) is 5.32 Å². The molecule has 0 radical (unpaired) electrons. The summed E-state index contributed by atoms with van der Waals surface area (Å²) in [5, 5.41) is 18.0. The summed E-state index contributed by atoms with van der Waals surface area (Å²) in [5.74, 6) is 0.834. The molecule has 9 heteroatoms. The third-order valence-corrected chi connectivity index (χ3v) is 3.70. The number of nitro groups is 1. The molecule has 0 aliphatic carbocycles. The fraction of sp³-hybridized carbons (Fsp3) is 0.154. The lowest BCUT2D eigenvalue weighted by Gasteiger charge is -2.07. The lowest BCUT2D eigenvalue weighted by molar-refractivity contribution is -0.384. The van der Waals surface area contributed by atoms with Crippen molar-refractivity contribution in [2.24, 2.45) is 0 Å². The summed E-state index contributed by atoms with van der Waals surface area (Å²) in [6, 6.07) is 4.67. The quantitative estimate of drug-likeness (QED) is 0.569. The first-order valence-electron chi connectivity index (χ1n) is 6.34. The van der Waals surface area contributed by atoms with Gasteiger partial charge in [-0.05, 0) is 12.1 Å². The third kappa shape index (κ3) is 2.93. The van der Waals surface area contributed by atoms with Crippen molar-refractivity contribution in [3.8, 4) is 11.4 Å². The van der Waals surface area contributed by atoms with Crippen LogP contribution in [-0.4, -0.2) is 20.0 Å². The van der Waals surface area contributed by atoms with E-state index in [1.165, 1.54) is 17.4 Å². The molecule has 0 atom stereocenters. The zero-order valence-corrected chi connectivity index (χ0v) is 12.3. The van der Waals surface area contributed by atoms with E-state index in [2.05, 4.69) is 20.4 Å². The molecule has 8 nitrogen and oxygen atoms in total. The molecule has 0 spiro atoms. The largest absolute Gasteiger partial charge is 0.375 e. The van der Waals surface area contributed by atoms with Gasteiger partial charge in [0, 0.05) is 29.6 Å². The number of thiazole rings is 1. The lowest BCUT2D eigenvalue weighted by atomic mass is 10.1. The van der Waals surface area contributed by atoms with Gasteiger partial charge in [-0.15, -0.1) is 11.3 Å². The highest BCUT2D eigenvalue weighted by atomic mass is 32.1. The van der Waals surface area contributed by atoms with Crippen LogP contribution in [0.15, 0.2) is 34.4 Å². The number of aryl methyl sites for hydroxylation is 1. The molecule has 0 saturated carbocycles. The monoisotopic (exact) mass is 317 g/mol. The molecule has 2 aromatic heterocycles. The molecule has 2 heterocycles. The summed E-state index contributed by atoms with van der Waals surface area (Å²) < 4.78 is 4.93. The van der Waals surface area contributed by atoms with Gasteiger partial charge in [0.2, 0.25) is 11.7 Å². The first kappa shape index (κ1) is 14.1. The number of hydrogen-bond acceptors (Lipinski definition) is 8. The van der Waals surface area contributed by atoms with Gasteiger partial charge in [0.05, 0.1) is 17.0 Å². The zero-order chi connectivity index (χ0) is 15.5. The van der Waals surface area contributed by atoms with Crippen molar-refractivity contribution in [3.63, 3.8) is 0 Å². The third-order valence-electron chi connectivity index (χ3n) is 2.92. The highest BCUT2D eigenvalue weighted by molar-refractivity contribution is 7.09. The van der Waals surface area contributed by atoms with E-state index >= 15 is 0 Å². The molecule has 1 N–H and O–H groups in total. The number of aromatic nitrogens is 3. The summed E-state index contributed by atoms with van der Waals surface area (Å²) in [4.78, 5) is 19.8. The predicted molar refractivity (Wildman–Crippen MR) is 80.6 cm³/mol. The summed E-state index contributed by atoms with van der Waals surface area (Å²) in [5.41, 5.74) is 2.75. The standard InChI is InChI=1S/C13H11N5O3S/c1-8-16-13(17-21-8)9-2-3-12(18(19)20)11(4-9)15-6-10-5-14-7-22-10/h2-5,7,15H,6H2,1H3. The van der Waals surface area contributed by atoms with Crippen LogP contribution in [0.1, 0.15) is 10.8 Å². The molecule has 112 valence electrons. The first-order valence-corrected chi connectivity index (χ1v) is 7.22. The molecule has 0 amide bonds. The Bertz CT molecular complexity index is 800. The van der Waals surface area contributed by atoms with Gasteiger partial charge < -0.3 is 9.84 Å². The number of rotatable bonds is 5. The van der Waals surface area contributed by atoms with Crippen LogP contribution in [0, 0.1) is 17.0 Å². The van der Waals surface area contributed by atoms with Crippen LogP contribution in [-0.2, 0) is 6.54 Å². The normalized spacial score (nSPS) is 10.6. The Morgan fingerprint density at radius 3 is 2.95 bits per heavy atom. The van der Waals surface area contributed by atoms with Gasteiger partial charge in [-0.2, -0.15) is 4.98 Å². The van der Waals surface area contributed by atoms with Crippen LogP contribution in [0.25, 0.3) is 11.4 Å². The minimum atomic E-state index is -0.430. The highest BCUT2D eigenvalue weighted by Gasteiger charge is 2.16. The van der Waals surface area contributed by atoms with Crippen molar-refractivity contribution in [1.82, 2.24) is 15.1 Å². The molecule has 22 heavy (non-hydrogen) atoms. The molecule has 0 unspecified atom stereocenters. The van der Waals surface area contributed by atoms with E-state index in [1.54, 1.807) is 30.8 Å². The van der Waals surface area contributed by atoms with E-state index in [0.29, 0.717) is 29.5 Å². The molecule has 0 fully saturated rings. The van der Waals surface area contributed by atoms with Crippen molar-refractivity contribution in [1.29, 1.82) is 0 Å². The predicted octanol–water partition coefficient (Wildman–Crippen LogP) is 3.02. The van der Waals surface area contributed by atoms with Gasteiger partial charge in [-0.25, -0.2) is 0 Å². The minimum absolute atomic E-state index is 0.00604. The van der Waals surface area contributed by atoms with Crippen molar-refractivity contribution in [3.05, 3.63) is 50.8 Å². The van der Waals surface area contributed by atoms with E-state index in [-0.39, 0.29) is 5.69 Å². The van der Waals surface area contributed by atoms with Crippen LogP contribution in [0.5, 0.6) is 0 Å². The second-order valence-corrected chi connectivity index (χ2v) is 5.42. The molecule has 0 aliphatic heterocycles. The molecule has 0 aliphatic rings. The average Bonchev–Trinajstić information content (AvgIpc) is 3.16. The van der Waals surface area contributed by atoms with E-state index in [4.69, 9.17) is 4.52 Å². The number of nitrogens with zero attached hydrogens (tertiary/aromatic N) is 4.